The van der Waals surface area contributed by atoms with E-state index in [9.17, 15) is 0 Å². The lowest BCUT2D eigenvalue weighted by Crippen LogP contribution is -2.55. The minimum absolute atomic E-state index is 0.0864. The molecule has 0 unspecified atom stereocenters. The maximum absolute atomic E-state index is 3.72. The van der Waals surface area contributed by atoms with Crippen molar-refractivity contribution in [2.24, 2.45) is 0 Å². The summed E-state index contributed by atoms with van der Waals surface area (Å²) in [6, 6.07) is 6.82. The average Bonchev–Trinajstić information content (AvgIpc) is 2.03. The lowest BCUT2D eigenvalue weighted by Gasteiger charge is -2.44. The van der Waals surface area contributed by atoms with Crippen molar-refractivity contribution < 1.29 is 0 Å². The quantitative estimate of drug-likeness (QED) is 0.683. The van der Waals surface area contributed by atoms with Gasteiger partial charge in [0.2, 0.25) is 0 Å². The van der Waals surface area contributed by atoms with Gasteiger partial charge >= 0.3 is 0 Å². The molecule has 1 heteroatoms. The van der Waals surface area contributed by atoms with E-state index < -0.39 is 0 Å². The second kappa shape index (κ2) is 3.08. The van der Waals surface area contributed by atoms with Crippen LogP contribution in [0.15, 0.2) is 18.2 Å². The third kappa shape index (κ3) is 1.93. The molecule has 1 heterocycles. The van der Waals surface area contributed by atoms with E-state index in [1.807, 2.05) is 0 Å². The van der Waals surface area contributed by atoms with Gasteiger partial charge in [0.15, 0.2) is 0 Å². The van der Waals surface area contributed by atoms with Gasteiger partial charge in [0.05, 0.1) is 0 Å². The van der Waals surface area contributed by atoms with Crippen LogP contribution in [0.4, 0.5) is 0 Å². The monoisotopic (exact) mass is 203 g/mol. The second-order valence-electron chi connectivity index (χ2n) is 5.97. The van der Waals surface area contributed by atoms with Crippen molar-refractivity contribution in [3.8, 4) is 0 Å². The highest BCUT2D eigenvalue weighted by Gasteiger charge is 2.35. The van der Waals surface area contributed by atoms with E-state index in [4.69, 9.17) is 0 Å². The summed E-state index contributed by atoms with van der Waals surface area (Å²) >= 11 is 0. The first-order valence-corrected chi connectivity index (χ1v) is 5.70. The molecule has 15 heavy (non-hydrogen) atoms. The van der Waals surface area contributed by atoms with Gasteiger partial charge in [0.1, 0.15) is 0 Å². The normalized spacial score (nSPS) is 22.2. The maximum Gasteiger partial charge on any atom is 0.0384 e. The molecule has 1 aromatic rings. The number of fused-ring (bicyclic) bond motifs is 1. The molecule has 0 atom stereocenters. The Morgan fingerprint density at radius 1 is 1.13 bits per heavy atom. The maximum atomic E-state index is 3.72. The van der Waals surface area contributed by atoms with Crippen molar-refractivity contribution in [3.05, 3.63) is 34.9 Å². The highest BCUT2D eigenvalue weighted by Crippen LogP contribution is 2.34. The lowest BCUT2D eigenvalue weighted by atomic mass is 9.77. The van der Waals surface area contributed by atoms with Crippen molar-refractivity contribution >= 4 is 0 Å². The van der Waals surface area contributed by atoms with E-state index in [1.54, 1.807) is 0 Å². The third-order valence-corrected chi connectivity index (χ3v) is 3.22. The van der Waals surface area contributed by atoms with E-state index in [-0.39, 0.29) is 11.1 Å². The van der Waals surface area contributed by atoms with Crippen LogP contribution in [0.2, 0.25) is 0 Å². The van der Waals surface area contributed by atoms with Gasteiger partial charge in [0.25, 0.3) is 0 Å². The number of nitrogens with one attached hydrogen (secondary N) is 1. The van der Waals surface area contributed by atoms with Crippen LogP contribution in [0, 0.1) is 6.92 Å². The minimum Gasteiger partial charge on any atom is -0.302 e. The summed E-state index contributed by atoms with van der Waals surface area (Å²) in [6.45, 7) is 11.3. The molecule has 0 spiro atoms. The van der Waals surface area contributed by atoms with Crippen LogP contribution in [0.25, 0.3) is 0 Å². The minimum atomic E-state index is 0.0864. The molecule has 0 bridgehead atoms. The van der Waals surface area contributed by atoms with Gasteiger partial charge < -0.3 is 5.32 Å². The summed E-state index contributed by atoms with van der Waals surface area (Å²) in [6.07, 6.45) is 1.12. The van der Waals surface area contributed by atoms with Gasteiger partial charge in [-0.25, -0.2) is 0 Å². The van der Waals surface area contributed by atoms with Crippen LogP contribution in [0.3, 0.4) is 0 Å². The molecule has 0 aliphatic carbocycles. The molecule has 0 radical (unpaired) electrons. The van der Waals surface area contributed by atoms with E-state index >= 15 is 0 Å². The first-order valence-electron chi connectivity index (χ1n) is 5.70. The third-order valence-electron chi connectivity index (χ3n) is 3.22. The van der Waals surface area contributed by atoms with Gasteiger partial charge in [-0.2, -0.15) is 0 Å². The molecular weight excluding hydrogens is 182 g/mol. The van der Waals surface area contributed by atoms with Crippen molar-refractivity contribution in [3.63, 3.8) is 0 Å². The van der Waals surface area contributed by atoms with E-state index in [2.05, 4.69) is 58.1 Å². The zero-order valence-electron chi connectivity index (χ0n) is 10.4. The number of aryl methyl sites for hydroxylation is 1. The molecule has 1 aliphatic heterocycles. The van der Waals surface area contributed by atoms with Crippen LogP contribution >= 0.6 is 0 Å². The molecule has 0 saturated carbocycles. The molecule has 1 nitrogen and oxygen atoms in total. The largest absolute Gasteiger partial charge is 0.302 e. The topological polar surface area (TPSA) is 12.0 Å². The van der Waals surface area contributed by atoms with Crippen LogP contribution in [0.5, 0.6) is 0 Å². The highest BCUT2D eigenvalue weighted by molar-refractivity contribution is 5.39. The average molecular weight is 203 g/mol. The van der Waals surface area contributed by atoms with Crippen LogP contribution in [-0.4, -0.2) is 5.54 Å². The van der Waals surface area contributed by atoms with Crippen LogP contribution < -0.4 is 5.32 Å². The highest BCUT2D eigenvalue weighted by atomic mass is 15.0. The molecular formula is C14H21N. The van der Waals surface area contributed by atoms with Crippen molar-refractivity contribution in [2.45, 2.75) is 52.1 Å². The second-order valence-corrected chi connectivity index (χ2v) is 5.97. The van der Waals surface area contributed by atoms with E-state index in [0.717, 1.165) is 6.42 Å². The summed E-state index contributed by atoms with van der Waals surface area (Å²) in [5.41, 5.74) is 4.59. The summed E-state index contributed by atoms with van der Waals surface area (Å²) in [4.78, 5) is 0. The lowest BCUT2D eigenvalue weighted by molar-refractivity contribution is 0.242. The molecule has 0 aromatic heterocycles. The fraction of sp³-hybridized carbons (Fsp3) is 0.571. The Bertz CT molecular complexity index is 388. The molecule has 82 valence electrons. The predicted molar refractivity (Wildman–Crippen MR) is 65.1 cm³/mol. The van der Waals surface area contributed by atoms with Gasteiger partial charge in [-0.3, -0.25) is 0 Å². The van der Waals surface area contributed by atoms with Gasteiger partial charge in [-0.05, 0) is 52.2 Å². The Kier molecular flexibility index (Phi) is 2.20. The smallest absolute Gasteiger partial charge is 0.0384 e. The zero-order chi connectivity index (χ0) is 11.3. The Labute approximate surface area is 92.9 Å². The fourth-order valence-corrected chi connectivity index (χ4v) is 2.86. The number of rotatable bonds is 0. The Balaban J connectivity index is 2.55. The van der Waals surface area contributed by atoms with Crippen molar-refractivity contribution in [1.82, 2.24) is 5.32 Å². The molecule has 1 N–H and O–H groups in total. The first kappa shape index (κ1) is 10.7. The number of hydrogen-bond acceptors (Lipinski definition) is 1. The fourth-order valence-electron chi connectivity index (χ4n) is 2.86. The molecule has 0 saturated heterocycles. The predicted octanol–water partition coefficient (Wildman–Crippen LogP) is 3.15. The van der Waals surface area contributed by atoms with Crippen molar-refractivity contribution in [2.75, 3.05) is 0 Å². The Hall–Kier alpha value is -0.820. The molecule has 0 fully saturated rings. The van der Waals surface area contributed by atoms with Gasteiger partial charge in [-0.15, -0.1) is 0 Å². The van der Waals surface area contributed by atoms with Gasteiger partial charge in [0, 0.05) is 11.1 Å². The zero-order valence-corrected chi connectivity index (χ0v) is 10.4. The number of benzene rings is 1. The van der Waals surface area contributed by atoms with Crippen LogP contribution in [-0.2, 0) is 12.0 Å². The molecule has 1 aliphatic rings. The van der Waals surface area contributed by atoms with Crippen LogP contribution in [0.1, 0.15) is 44.4 Å². The Morgan fingerprint density at radius 2 is 1.80 bits per heavy atom. The van der Waals surface area contributed by atoms with E-state index in [1.165, 1.54) is 16.7 Å². The SMILES string of the molecule is Cc1ccc2c(c1)C(C)(C)NC(C)(C)C2. The van der Waals surface area contributed by atoms with E-state index in [0.29, 0.717) is 0 Å². The Morgan fingerprint density at radius 3 is 2.47 bits per heavy atom. The summed E-state index contributed by atoms with van der Waals surface area (Å²) in [5.74, 6) is 0. The summed E-state index contributed by atoms with van der Waals surface area (Å²) < 4.78 is 0. The van der Waals surface area contributed by atoms with Crippen molar-refractivity contribution in [1.29, 1.82) is 0 Å². The standard InChI is InChI=1S/C14H21N/c1-10-6-7-11-9-13(2,3)15-14(4,5)12(11)8-10/h6-8,15H,9H2,1-5H3. The molecule has 1 aromatic carbocycles. The van der Waals surface area contributed by atoms with Gasteiger partial charge in [-0.1, -0.05) is 23.8 Å². The number of hydrogen-bond donors (Lipinski definition) is 1. The molecule has 0 amide bonds. The molecule has 2 rings (SSSR count). The first-order chi connectivity index (χ1) is 6.80. The summed E-state index contributed by atoms with van der Waals surface area (Å²) in [7, 11) is 0. The summed E-state index contributed by atoms with van der Waals surface area (Å²) in [5, 5.41) is 3.72.